The van der Waals surface area contributed by atoms with Gasteiger partial charge in [0.2, 0.25) is 0 Å². The van der Waals surface area contributed by atoms with Crippen LogP contribution in [0.3, 0.4) is 0 Å². The molecule has 0 aliphatic rings. The molecule has 0 saturated heterocycles. The summed E-state index contributed by atoms with van der Waals surface area (Å²) in [6.07, 6.45) is 11.3. The summed E-state index contributed by atoms with van der Waals surface area (Å²) < 4.78 is 1.76. The summed E-state index contributed by atoms with van der Waals surface area (Å²) in [5.74, 6) is 0. The van der Waals surface area contributed by atoms with Gasteiger partial charge in [-0.15, -0.1) is 0 Å². The summed E-state index contributed by atoms with van der Waals surface area (Å²) >= 11 is 0. The molecule has 2 nitrogen and oxygen atoms in total. The fraction of sp³-hybridized carbons (Fsp3) is 0.444. The standard InChI is InChI=1S/C9H12N2.Y/c1-9(2,3)4-6-11-7-5-10-8-11;/h5-7H,1-3H3;/q-2;. The van der Waals surface area contributed by atoms with Crippen LogP contribution in [-0.4, -0.2) is 9.55 Å². The summed E-state index contributed by atoms with van der Waals surface area (Å²) in [6.45, 7) is 6.29. The monoisotopic (exact) mass is 237 g/mol. The van der Waals surface area contributed by atoms with Crippen LogP contribution in [0.4, 0.5) is 0 Å². The second-order valence-corrected chi connectivity index (χ2v) is 3.46. The molecule has 0 aliphatic carbocycles. The van der Waals surface area contributed by atoms with Gasteiger partial charge in [0.15, 0.2) is 0 Å². The van der Waals surface area contributed by atoms with Gasteiger partial charge in [-0.05, 0) is 0 Å². The van der Waals surface area contributed by atoms with E-state index in [2.05, 4.69) is 38.2 Å². The van der Waals surface area contributed by atoms with E-state index < -0.39 is 0 Å². The average Bonchev–Trinajstić information content (AvgIpc) is 2.32. The van der Waals surface area contributed by atoms with Crippen molar-refractivity contribution in [1.29, 1.82) is 0 Å². The van der Waals surface area contributed by atoms with Crippen LogP contribution in [-0.2, 0) is 32.7 Å². The first kappa shape index (κ1) is 12.1. The Morgan fingerprint density at radius 3 is 2.58 bits per heavy atom. The van der Waals surface area contributed by atoms with Gasteiger partial charge in [0.05, 0.1) is 0 Å². The fourth-order valence-electron chi connectivity index (χ4n) is 0.574. The van der Waals surface area contributed by atoms with Crippen LogP contribution in [0.5, 0.6) is 0 Å². The van der Waals surface area contributed by atoms with E-state index in [1.807, 2.05) is 12.4 Å². The number of hydrogen-bond donors (Lipinski definition) is 0. The summed E-state index contributed by atoms with van der Waals surface area (Å²) in [7, 11) is 0. The molecule has 1 rings (SSSR count). The van der Waals surface area contributed by atoms with Crippen LogP contribution in [0, 0.1) is 17.8 Å². The molecule has 0 spiro atoms. The largest absolute Gasteiger partial charge is 0.528 e. The predicted molar refractivity (Wildman–Crippen MR) is 44.5 cm³/mol. The number of rotatable bonds is 1. The first-order valence-corrected chi connectivity index (χ1v) is 3.59. The zero-order valence-corrected chi connectivity index (χ0v) is 10.5. The van der Waals surface area contributed by atoms with Crippen molar-refractivity contribution in [3.63, 3.8) is 0 Å². The van der Waals surface area contributed by atoms with E-state index >= 15 is 0 Å². The van der Waals surface area contributed by atoms with Crippen molar-refractivity contribution < 1.29 is 32.7 Å². The van der Waals surface area contributed by atoms with Crippen LogP contribution in [0.1, 0.15) is 20.8 Å². The van der Waals surface area contributed by atoms with E-state index in [1.54, 1.807) is 10.8 Å². The van der Waals surface area contributed by atoms with Gasteiger partial charge in [0.1, 0.15) is 0 Å². The third-order valence-corrected chi connectivity index (χ3v) is 1.11. The third-order valence-electron chi connectivity index (χ3n) is 1.11. The molecular weight excluding hydrogens is 225 g/mol. The minimum atomic E-state index is 0. The van der Waals surface area contributed by atoms with Crippen molar-refractivity contribution in [1.82, 2.24) is 9.55 Å². The fourth-order valence-corrected chi connectivity index (χ4v) is 0.574. The summed E-state index contributed by atoms with van der Waals surface area (Å²) in [5, 5.41) is 0. The molecule has 1 aromatic heterocycles. The first-order chi connectivity index (χ1) is 5.08. The smallest absolute Gasteiger partial charge is 0.0378 e. The zero-order valence-electron chi connectivity index (χ0n) is 7.70. The van der Waals surface area contributed by atoms with E-state index in [-0.39, 0.29) is 38.1 Å². The van der Waals surface area contributed by atoms with Gasteiger partial charge in [-0.3, -0.25) is 6.20 Å². The Balaban J connectivity index is 0.00000121. The van der Waals surface area contributed by atoms with Crippen molar-refractivity contribution in [2.24, 2.45) is 5.41 Å². The molecule has 1 heterocycles. The van der Waals surface area contributed by atoms with Gasteiger partial charge in [-0.25, -0.2) is 0 Å². The van der Waals surface area contributed by atoms with E-state index in [9.17, 15) is 0 Å². The van der Waals surface area contributed by atoms with Crippen molar-refractivity contribution in [2.45, 2.75) is 20.8 Å². The number of hydrogen-bond acceptors (Lipinski definition) is 1. The Labute approximate surface area is 99.0 Å². The molecule has 1 radical (unpaired) electrons. The molecule has 0 atom stereocenters. The minimum Gasteiger partial charge on any atom is -0.528 e. The van der Waals surface area contributed by atoms with E-state index in [0.717, 1.165) is 0 Å². The number of allylic oxidation sites excluding steroid dienone is 1. The van der Waals surface area contributed by atoms with Crippen LogP contribution >= 0.6 is 0 Å². The number of nitrogens with zero attached hydrogens (tertiary/aromatic N) is 2. The van der Waals surface area contributed by atoms with Crippen LogP contribution in [0.15, 0.2) is 12.4 Å². The van der Waals surface area contributed by atoms with Crippen LogP contribution in [0.25, 0.3) is 6.20 Å². The third kappa shape index (κ3) is 4.84. The Bertz CT molecular complexity index is 232. The maximum absolute atomic E-state index is 3.79. The second-order valence-electron chi connectivity index (χ2n) is 3.46. The summed E-state index contributed by atoms with van der Waals surface area (Å²) in [5.41, 5.74) is 0.0953. The first-order valence-electron chi connectivity index (χ1n) is 3.59. The molecule has 0 saturated carbocycles. The van der Waals surface area contributed by atoms with Gasteiger partial charge in [0, 0.05) is 39.0 Å². The zero-order chi connectivity index (χ0) is 8.32. The number of imidazole rings is 1. The topological polar surface area (TPSA) is 17.8 Å². The summed E-state index contributed by atoms with van der Waals surface area (Å²) in [6, 6.07) is 0. The molecule has 1 aromatic rings. The normalized spacial score (nSPS) is 11.6. The van der Waals surface area contributed by atoms with Crippen molar-refractivity contribution in [3.8, 4) is 0 Å². The molecule has 0 amide bonds. The molecule has 63 valence electrons. The van der Waals surface area contributed by atoms with E-state index in [1.165, 1.54) is 0 Å². The molecule has 0 fully saturated rings. The van der Waals surface area contributed by atoms with Gasteiger partial charge in [-0.1, -0.05) is 33.2 Å². The molecule has 0 unspecified atom stereocenters. The van der Waals surface area contributed by atoms with E-state index in [4.69, 9.17) is 0 Å². The van der Waals surface area contributed by atoms with Crippen molar-refractivity contribution in [2.75, 3.05) is 0 Å². The summed E-state index contributed by atoms with van der Waals surface area (Å²) in [4.78, 5) is 3.79. The molecule has 0 N–H and O–H groups in total. The maximum Gasteiger partial charge on any atom is 0.0378 e. The van der Waals surface area contributed by atoms with Crippen molar-refractivity contribution >= 4 is 6.20 Å². The number of aromatic nitrogens is 2. The Hall–Kier alpha value is 0.0539. The second kappa shape index (κ2) is 4.93. The van der Waals surface area contributed by atoms with E-state index in [0.29, 0.717) is 0 Å². The van der Waals surface area contributed by atoms with Gasteiger partial charge >= 0.3 is 0 Å². The van der Waals surface area contributed by atoms with Crippen molar-refractivity contribution in [3.05, 3.63) is 24.8 Å². The van der Waals surface area contributed by atoms with Crippen LogP contribution < -0.4 is 0 Å². The SMILES string of the molecule is CC(C)(C)[C-]=Cn1[c-]ncc1.[Y]. The molecule has 0 bridgehead atoms. The predicted octanol–water partition coefficient (Wildman–Crippen LogP) is 2.00. The minimum absolute atomic E-state index is 0. The molecule has 12 heavy (non-hydrogen) atoms. The Morgan fingerprint density at radius 2 is 2.17 bits per heavy atom. The average molecular weight is 237 g/mol. The van der Waals surface area contributed by atoms with Crippen LogP contribution in [0.2, 0.25) is 0 Å². The Kier molecular flexibility index (Phi) is 4.95. The molecule has 0 aliphatic heterocycles. The quantitative estimate of drug-likeness (QED) is 0.683. The van der Waals surface area contributed by atoms with Gasteiger partial charge < -0.3 is 15.6 Å². The molecule has 0 aromatic carbocycles. The molecular formula is C9H12N2Y-2. The van der Waals surface area contributed by atoms with Gasteiger partial charge in [-0.2, -0.15) is 5.41 Å². The maximum atomic E-state index is 3.79. The molecule has 3 heteroatoms. The Morgan fingerprint density at radius 1 is 1.50 bits per heavy atom. The van der Waals surface area contributed by atoms with Gasteiger partial charge in [0.25, 0.3) is 0 Å².